The topological polar surface area (TPSA) is 9.23 Å². The molecule has 0 spiro atoms. The molecule has 0 aromatic rings. The predicted octanol–water partition coefficient (Wildman–Crippen LogP) is 2.34. The van der Waals surface area contributed by atoms with Gasteiger partial charge in [-0.1, -0.05) is 17.9 Å². The van der Waals surface area contributed by atoms with E-state index in [-0.39, 0.29) is 0 Å². The Kier molecular flexibility index (Phi) is 4.56. The van der Waals surface area contributed by atoms with Gasteiger partial charge in [0.05, 0.1) is 6.61 Å². The predicted molar refractivity (Wildman–Crippen MR) is 50.5 cm³/mol. The highest BCUT2D eigenvalue weighted by Crippen LogP contribution is 2.15. The molecular formula is C11H15O. The third kappa shape index (κ3) is 3.59. The molecular weight excluding hydrogens is 148 g/mol. The molecule has 65 valence electrons. The van der Waals surface area contributed by atoms with Gasteiger partial charge in [-0.2, -0.15) is 0 Å². The maximum absolute atomic E-state index is 4.90. The lowest BCUT2D eigenvalue weighted by molar-refractivity contribution is 0.206. The molecule has 0 aliphatic heterocycles. The van der Waals surface area contributed by atoms with E-state index in [0.29, 0.717) is 0 Å². The van der Waals surface area contributed by atoms with Crippen LogP contribution in [0.3, 0.4) is 0 Å². The lowest BCUT2D eigenvalue weighted by Crippen LogP contribution is -1.90. The van der Waals surface area contributed by atoms with Gasteiger partial charge in [0.2, 0.25) is 0 Å². The summed E-state index contributed by atoms with van der Waals surface area (Å²) < 4.78 is 4.90. The summed E-state index contributed by atoms with van der Waals surface area (Å²) in [4.78, 5) is 0. The van der Waals surface area contributed by atoms with Crippen molar-refractivity contribution in [2.75, 3.05) is 13.7 Å². The summed E-state index contributed by atoms with van der Waals surface area (Å²) in [6, 6.07) is 0. The molecule has 0 fully saturated rings. The van der Waals surface area contributed by atoms with Gasteiger partial charge in [0.1, 0.15) is 0 Å². The van der Waals surface area contributed by atoms with Crippen molar-refractivity contribution in [1.82, 2.24) is 0 Å². The lowest BCUT2D eigenvalue weighted by Gasteiger charge is -2.05. The van der Waals surface area contributed by atoms with Crippen LogP contribution in [0.2, 0.25) is 0 Å². The summed E-state index contributed by atoms with van der Waals surface area (Å²) >= 11 is 0. The number of ether oxygens (including phenoxy) is 1. The minimum Gasteiger partial charge on any atom is -0.384 e. The van der Waals surface area contributed by atoms with Gasteiger partial charge >= 0.3 is 0 Å². The van der Waals surface area contributed by atoms with Gasteiger partial charge in [0.25, 0.3) is 0 Å². The Hall–Kier alpha value is -0.740. The fourth-order valence-electron chi connectivity index (χ4n) is 1.15. The normalized spacial score (nSPS) is 16.2. The molecule has 0 saturated carbocycles. The third-order valence-electron chi connectivity index (χ3n) is 1.83. The Bertz CT molecular complexity index is 205. The first-order valence-electron chi connectivity index (χ1n) is 4.42. The van der Waals surface area contributed by atoms with Crippen LogP contribution in [0.4, 0.5) is 0 Å². The molecule has 0 N–H and O–H groups in total. The maximum Gasteiger partial charge on any atom is 0.0571 e. The molecule has 0 heterocycles. The fourth-order valence-corrected chi connectivity index (χ4v) is 1.15. The third-order valence-corrected chi connectivity index (χ3v) is 1.83. The molecule has 0 aromatic heterocycles. The minimum atomic E-state index is 0.742. The van der Waals surface area contributed by atoms with Crippen LogP contribution in [0, 0.1) is 18.3 Å². The summed E-state index contributed by atoms with van der Waals surface area (Å²) in [5.41, 5.74) is 1.30. The molecule has 0 atom stereocenters. The van der Waals surface area contributed by atoms with Crippen LogP contribution in [-0.2, 0) is 4.74 Å². The van der Waals surface area contributed by atoms with Crippen molar-refractivity contribution in [2.24, 2.45) is 0 Å². The van der Waals surface area contributed by atoms with Crippen LogP contribution in [0.15, 0.2) is 11.6 Å². The van der Waals surface area contributed by atoms with E-state index in [2.05, 4.69) is 24.3 Å². The van der Waals surface area contributed by atoms with E-state index < -0.39 is 0 Å². The van der Waals surface area contributed by atoms with E-state index >= 15 is 0 Å². The molecule has 1 radical (unpaired) electrons. The second-order valence-corrected chi connectivity index (χ2v) is 2.84. The lowest BCUT2D eigenvalue weighted by atomic mass is 10.0. The molecule has 0 unspecified atom stereocenters. The number of rotatable bonds is 2. The first-order valence-corrected chi connectivity index (χ1v) is 4.42. The average Bonchev–Trinajstić information content (AvgIpc) is 2.14. The SMILES string of the molecule is COCCC#CC1=CC[CH]CC1. The van der Waals surface area contributed by atoms with Crippen molar-refractivity contribution in [1.29, 1.82) is 0 Å². The first-order chi connectivity index (χ1) is 5.93. The number of allylic oxidation sites excluding steroid dienone is 2. The van der Waals surface area contributed by atoms with Crippen molar-refractivity contribution in [3.63, 3.8) is 0 Å². The molecule has 1 aliphatic rings. The zero-order valence-electron chi connectivity index (χ0n) is 7.60. The Morgan fingerprint density at radius 1 is 1.58 bits per heavy atom. The molecule has 1 nitrogen and oxygen atoms in total. The summed E-state index contributed by atoms with van der Waals surface area (Å²) in [6.07, 6.45) is 8.75. The van der Waals surface area contributed by atoms with Crippen molar-refractivity contribution in [3.8, 4) is 11.8 Å². The molecule has 0 amide bonds. The summed E-state index contributed by atoms with van der Waals surface area (Å²) in [5, 5.41) is 0. The Morgan fingerprint density at radius 3 is 3.17 bits per heavy atom. The average molecular weight is 163 g/mol. The van der Waals surface area contributed by atoms with Gasteiger partial charge in [-0.15, -0.1) is 0 Å². The number of hydrogen-bond donors (Lipinski definition) is 0. The van der Waals surface area contributed by atoms with E-state index in [9.17, 15) is 0 Å². The molecule has 1 rings (SSSR count). The van der Waals surface area contributed by atoms with E-state index in [0.717, 1.165) is 25.9 Å². The second kappa shape index (κ2) is 5.85. The van der Waals surface area contributed by atoms with E-state index in [1.54, 1.807) is 7.11 Å². The van der Waals surface area contributed by atoms with Crippen LogP contribution in [0.5, 0.6) is 0 Å². The van der Waals surface area contributed by atoms with Gasteiger partial charge in [0, 0.05) is 13.5 Å². The molecule has 0 bridgehead atoms. The first kappa shape index (κ1) is 9.35. The summed E-state index contributed by atoms with van der Waals surface area (Å²) in [6.45, 7) is 0.742. The smallest absolute Gasteiger partial charge is 0.0571 e. The van der Waals surface area contributed by atoms with Crippen molar-refractivity contribution < 1.29 is 4.74 Å². The molecule has 1 aliphatic carbocycles. The fraction of sp³-hybridized carbons (Fsp3) is 0.545. The quantitative estimate of drug-likeness (QED) is 0.448. The van der Waals surface area contributed by atoms with Crippen LogP contribution in [-0.4, -0.2) is 13.7 Å². The van der Waals surface area contributed by atoms with Gasteiger partial charge in [-0.25, -0.2) is 0 Å². The monoisotopic (exact) mass is 163 g/mol. The highest BCUT2D eigenvalue weighted by molar-refractivity contribution is 5.30. The largest absolute Gasteiger partial charge is 0.384 e. The van der Waals surface area contributed by atoms with Crippen LogP contribution in [0.25, 0.3) is 0 Å². The zero-order chi connectivity index (χ0) is 8.65. The Morgan fingerprint density at radius 2 is 2.50 bits per heavy atom. The number of methoxy groups -OCH3 is 1. The van der Waals surface area contributed by atoms with Crippen molar-refractivity contribution in [3.05, 3.63) is 18.1 Å². The van der Waals surface area contributed by atoms with Crippen LogP contribution < -0.4 is 0 Å². The van der Waals surface area contributed by atoms with E-state index in [4.69, 9.17) is 4.74 Å². The Labute approximate surface area is 74.8 Å². The Balaban J connectivity index is 2.26. The van der Waals surface area contributed by atoms with Crippen LogP contribution in [0.1, 0.15) is 25.7 Å². The van der Waals surface area contributed by atoms with Gasteiger partial charge in [-0.3, -0.25) is 0 Å². The molecule has 1 heteroatoms. The second-order valence-electron chi connectivity index (χ2n) is 2.84. The highest BCUT2D eigenvalue weighted by atomic mass is 16.5. The summed E-state index contributed by atoms with van der Waals surface area (Å²) in [7, 11) is 1.70. The van der Waals surface area contributed by atoms with Crippen molar-refractivity contribution >= 4 is 0 Å². The number of hydrogen-bond acceptors (Lipinski definition) is 1. The minimum absolute atomic E-state index is 0.742. The highest BCUT2D eigenvalue weighted by Gasteiger charge is 1.99. The van der Waals surface area contributed by atoms with E-state index in [1.165, 1.54) is 12.0 Å². The zero-order valence-corrected chi connectivity index (χ0v) is 7.60. The molecule has 0 aromatic carbocycles. The standard InChI is InChI=1S/C11H15O/c1-12-10-6-5-9-11-7-3-2-4-8-11/h2,7H,3-4,6,8,10H2,1H3. The maximum atomic E-state index is 4.90. The van der Waals surface area contributed by atoms with Gasteiger partial charge in [0.15, 0.2) is 0 Å². The van der Waals surface area contributed by atoms with E-state index in [1.807, 2.05) is 0 Å². The van der Waals surface area contributed by atoms with Gasteiger partial charge < -0.3 is 4.74 Å². The molecule has 12 heavy (non-hydrogen) atoms. The molecule has 0 saturated heterocycles. The van der Waals surface area contributed by atoms with Gasteiger partial charge in [-0.05, 0) is 31.3 Å². The van der Waals surface area contributed by atoms with Crippen LogP contribution >= 0.6 is 0 Å². The summed E-state index contributed by atoms with van der Waals surface area (Å²) in [5.74, 6) is 6.27. The van der Waals surface area contributed by atoms with Crippen molar-refractivity contribution in [2.45, 2.75) is 25.7 Å².